The van der Waals surface area contributed by atoms with E-state index >= 15 is 0 Å². The van der Waals surface area contributed by atoms with Gasteiger partial charge in [-0.25, -0.2) is 0 Å². The Kier molecular flexibility index (Phi) is 3.65. The number of para-hydroxylation sites is 1. The minimum absolute atomic E-state index is 0.441. The van der Waals surface area contributed by atoms with E-state index in [4.69, 9.17) is 4.52 Å². The van der Waals surface area contributed by atoms with Crippen LogP contribution in [0.4, 0.5) is 0 Å². The Morgan fingerprint density at radius 1 is 1.26 bits per heavy atom. The van der Waals surface area contributed by atoms with Crippen molar-refractivity contribution < 1.29 is 4.52 Å². The van der Waals surface area contributed by atoms with Crippen LogP contribution in [0.15, 0.2) is 29.1 Å². The molecule has 120 valence electrons. The maximum absolute atomic E-state index is 4.87. The van der Waals surface area contributed by atoms with Crippen LogP contribution in [0.3, 0.4) is 0 Å². The highest BCUT2D eigenvalue weighted by molar-refractivity contribution is 5.87. The molecule has 3 heterocycles. The first-order chi connectivity index (χ1) is 11.2. The van der Waals surface area contributed by atoms with Crippen molar-refractivity contribution in [3.8, 4) is 0 Å². The molecule has 1 aromatic carbocycles. The SMILES string of the molecule is Cc1[nH]c2c(CN3CCC(c4ncon4)CC3)cccc2c1C. The van der Waals surface area contributed by atoms with E-state index in [2.05, 4.69) is 52.1 Å². The molecule has 5 heteroatoms. The Bertz CT molecular complexity index is 798. The fourth-order valence-electron chi connectivity index (χ4n) is 3.62. The number of aryl methyl sites for hydroxylation is 2. The van der Waals surface area contributed by atoms with Gasteiger partial charge in [0.15, 0.2) is 5.82 Å². The summed E-state index contributed by atoms with van der Waals surface area (Å²) in [5.74, 6) is 1.30. The number of aromatic nitrogens is 3. The smallest absolute Gasteiger partial charge is 0.213 e. The van der Waals surface area contributed by atoms with Gasteiger partial charge in [0.05, 0.1) is 5.52 Å². The van der Waals surface area contributed by atoms with Gasteiger partial charge in [-0.1, -0.05) is 23.4 Å². The lowest BCUT2D eigenvalue weighted by Gasteiger charge is -2.30. The summed E-state index contributed by atoms with van der Waals surface area (Å²) in [5.41, 5.74) is 5.31. The molecule has 4 rings (SSSR count). The molecule has 1 saturated heterocycles. The Balaban J connectivity index is 1.48. The van der Waals surface area contributed by atoms with E-state index in [1.54, 1.807) is 0 Å². The number of rotatable bonds is 3. The molecule has 0 aliphatic carbocycles. The van der Waals surface area contributed by atoms with Crippen LogP contribution in [-0.4, -0.2) is 33.1 Å². The van der Waals surface area contributed by atoms with E-state index in [9.17, 15) is 0 Å². The van der Waals surface area contributed by atoms with Crippen LogP contribution in [0.2, 0.25) is 0 Å². The normalized spacial score (nSPS) is 17.1. The van der Waals surface area contributed by atoms with Gasteiger partial charge >= 0.3 is 0 Å². The summed E-state index contributed by atoms with van der Waals surface area (Å²) in [7, 11) is 0. The van der Waals surface area contributed by atoms with Crippen LogP contribution >= 0.6 is 0 Å². The van der Waals surface area contributed by atoms with Crippen LogP contribution in [0.5, 0.6) is 0 Å². The molecule has 1 aliphatic heterocycles. The second-order valence-electron chi connectivity index (χ2n) is 6.55. The lowest BCUT2D eigenvalue weighted by molar-refractivity contribution is 0.200. The zero-order chi connectivity index (χ0) is 15.8. The van der Waals surface area contributed by atoms with Crippen LogP contribution < -0.4 is 0 Å². The highest BCUT2D eigenvalue weighted by Crippen LogP contribution is 2.29. The minimum Gasteiger partial charge on any atom is -0.358 e. The topological polar surface area (TPSA) is 58.0 Å². The van der Waals surface area contributed by atoms with Crippen molar-refractivity contribution in [2.45, 2.75) is 39.2 Å². The quantitative estimate of drug-likeness (QED) is 0.804. The molecule has 0 spiro atoms. The predicted molar refractivity (Wildman–Crippen MR) is 89.3 cm³/mol. The van der Waals surface area contributed by atoms with Crippen LogP contribution in [-0.2, 0) is 6.54 Å². The number of nitrogens with one attached hydrogen (secondary N) is 1. The van der Waals surface area contributed by atoms with E-state index in [0.717, 1.165) is 38.3 Å². The van der Waals surface area contributed by atoms with E-state index < -0.39 is 0 Å². The molecule has 1 fully saturated rings. The van der Waals surface area contributed by atoms with Crippen LogP contribution in [0.1, 0.15) is 41.4 Å². The molecule has 1 aliphatic rings. The summed E-state index contributed by atoms with van der Waals surface area (Å²) in [6.45, 7) is 7.49. The van der Waals surface area contributed by atoms with Gasteiger partial charge < -0.3 is 9.51 Å². The molecule has 5 nitrogen and oxygen atoms in total. The molecule has 0 radical (unpaired) electrons. The van der Waals surface area contributed by atoms with Gasteiger partial charge in [0, 0.05) is 23.5 Å². The number of aromatic amines is 1. The van der Waals surface area contributed by atoms with E-state index in [1.165, 1.54) is 34.1 Å². The molecular formula is C18H22N4O. The molecule has 0 amide bonds. The number of hydrogen-bond donors (Lipinski definition) is 1. The van der Waals surface area contributed by atoms with E-state index in [1.807, 2.05) is 0 Å². The fourth-order valence-corrected chi connectivity index (χ4v) is 3.62. The standard InChI is InChI=1S/C18H22N4O/c1-12-13(2)20-17-15(4-3-5-16(12)17)10-22-8-6-14(7-9-22)18-19-11-23-21-18/h3-5,11,14,20H,6-10H2,1-2H3. The summed E-state index contributed by atoms with van der Waals surface area (Å²) in [4.78, 5) is 10.3. The average molecular weight is 310 g/mol. The second kappa shape index (κ2) is 5.81. The number of hydrogen-bond acceptors (Lipinski definition) is 4. The van der Waals surface area contributed by atoms with Crippen molar-refractivity contribution in [1.29, 1.82) is 0 Å². The molecule has 0 bridgehead atoms. The molecule has 0 saturated carbocycles. The highest BCUT2D eigenvalue weighted by atomic mass is 16.5. The van der Waals surface area contributed by atoms with Crippen molar-refractivity contribution in [3.05, 3.63) is 47.2 Å². The first-order valence-electron chi connectivity index (χ1n) is 8.28. The fraction of sp³-hybridized carbons (Fsp3) is 0.444. The zero-order valence-corrected chi connectivity index (χ0v) is 13.7. The molecule has 0 atom stereocenters. The van der Waals surface area contributed by atoms with Gasteiger partial charge in [0.2, 0.25) is 6.39 Å². The summed E-state index contributed by atoms with van der Waals surface area (Å²) in [6, 6.07) is 6.62. The Morgan fingerprint density at radius 3 is 2.83 bits per heavy atom. The molecule has 23 heavy (non-hydrogen) atoms. The summed E-state index contributed by atoms with van der Waals surface area (Å²) < 4.78 is 4.87. The van der Waals surface area contributed by atoms with Gasteiger partial charge in [-0.2, -0.15) is 4.98 Å². The number of H-pyrrole nitrogens is 1. The third-order valence-electron chi connectivity index (χ3n) is 5.15. The van der Waals surface area contributed by atoms with Crippen molar-refractivity contribution in [2.75, 3.05) is 13.1 Å². The van der Waals surface area contributed by atoms with Crippen molar-refractivity contribution in [2.24, 2.45) is 0 Å². The number of nitrogens with zero attached hydrogens (tertiary/aromatic N) is 3. The van der Waals surface area contributed by atoms with Gasteiger partial charge in [0.1, 0.15) is 0 Å². The Labute approximate surface area is 135 Å². The average Bonchev–Trinajstić information content (AvgIpc) is 3.19. The highest BCUT2D eigenvalue weighted by Gasteiger charge is 2.24. The largest absolute Gasteiger partial charge is 0.358 e. The van der Waals surface area contributed by atoms with Gasteiger partial charge in [0.25, 0.3) is 0 Å². The van der Waals surface area contributed by atoms with Crippen molar-refractivity contribution in [1.82, 2.24) is 20.0 Å². The predicted octanol–water partition coefficient (Wildman–Crippen LogP) is 3.55. The third kappa shape index (κ3) is 2.65. The number of piperidine rings is 1. The van der Waals surface area contributed by atoms with Crippen molar-refractivity contribution >= 4 is 10.9 Å². The lowest BCUT2D eigenvalue weighted by Crippen LogP contribution is -2.32. The molecule has 1 N–H and O–H groups in total. The number of likely N-dealkylation sites (tertiary alicyclic amines) is 1. The van der Waals surface area contributed by atoms with Crippen LogP contribution in [0, 0.1) is 13.8 Å². The maximum atomic E-state index is 4.87. The summed E-state index contributed by atoms with van der Waals surface area (Å²) in [6.07, 6.45) is 3.62. The first kappa shape index (κ1) is 14.5. The van der Waals surface area contributed by atoms with Gasteiger partial charge in [-0.05, 0) is 50.9 Å². The molecule has 0 unspecified atom stereocenters. The van der Waals surface area contributed by atoms with Gasteiger partial charge in [-0.3, -0.25) is 4.90 Å². The number of fused-ring (bicyclic) bond motifs is 1. The maximum Gasteiger partial charge on any atom is 0.213 e. The monoisotopic (exact) mass is 310 g/mol. The summed E-state index contributed by atoms with van der Waals surface area (Å²) in [5, 5.41) is 5.34. The van der Waals surface area contributed by atoms with E-state index in [0.29, 0.717) is 5.92 Å². The second-order valence-corrected chi connectivity index (χ2v) is 6.55. The molecule has 3 aromatic rings. The zero-order valence-electron chi connectivity index (χ0n) is 13.7. The summed E-state index contributed by atoms with van der Waals surface area (Å²) >= 11 is 0. The Morgan fingerprint density at radius 2 is 2.09 bits per heavy atom. The van der Waals surface area contributed by atoms with Crippen LogP contribution in [0.25, 0.3) is 10.9 Å². The first-order valence-corrected chi connectivity index (χ1v) is 8.28. The lowest BCUT2D eigenvalue weighted by atomic mass is 9.95. The Hall–Kier alpha value is -2.14. The van der Waals surface area contributed by atoms with Crippen molar-refractivity contribution in [3.63, 3.8) is 0 Å². The third-order valence-corrected chi connectivity index (χ3v) is 5.15. The van der Waals surface area contributed by atoms with E-state index in [-0.39, 0.29) is 0 Å². The minimum atomic E-state index is 0.441. The number of benzene rings is 1. The van der Waals surface area contributed by atoms with Gasteiger partial charge in [-0.15, -0.1) is 0 Å². The molecule has 2 aromatic heterocycles. The molecular weight excluding hydrogens is 288 g/mol.